The molecule has 0 aliphatic carbocycles. The van der Waals surface area contributed by atoms with Crippen molar-refractivity contribution in [3.05, 3.63) is 40.6 Å². The molecule has 0 aliphatic heterocycles. The lowest BCUT2D eigenvalue weighted by atomic mass is 9.97. The fourth-order valence-corrected chi connectivity index (χ4v) is 4.17. The zero-order valence-electron chi connectivity index (χ0n) is 16.6. The third-order valence-corrected chi connectivity index (χ3v) is 5.65. The van der Waals surface area contributed by atoms with Crippen LogP contribution in [0.15, 0.2) is 18.2 Å². The van der Waals surface area contributed by atoms with Crippen LogP contribution in [0, 0.1) is 19.8 Å². The number of nitrogens with zero attached hydrogens (tertiary/aromatic N) is 4. The third kappa shape index (κ3) is 4.16. The number of carbonyl (C=O) groups excluding carboxylic acids is 1. The Morgan fingerprint density at radius 3 is 2.37 bits per heavy atom. The van der Waals surface area contributed by atoms with Crippen molar-refractivity contribution < 1.29 is 4.79 Å². The molecule has 0 aliphatic rings. The van der Waals surface area contributed by atoms with Crippen molar-refractivity contribution in [2.75, 3.05) is 0 Å². The van der Waals surface area contributed by atoms with Gasteiger partial charge in [-0.1, -0.05) is 25.2 Å². The maximum Gasteiger partial charge on any atom is 0.168 e. The summed E-state index contributed by atoms with van der Waals surface area (Å²) in [7, 11) is 0. The first-order chi connectivity index (χ1) is 12.9. The number of aldehydes is 1. The SMILES string of the molecule is CCn1nc(-c2nnc(-c3cc(C)c(CC=O)c(C)c3)s2)cc1CC(C)C. The lowest BCUT2D eigenvalue weighted by Gasteiger charge is -2.08. The molecule has 3 rings (SSSR count). The normalized spacial score (nSPS) is 11.3. The second-order valence-corrected chi connectivity index (χ2v) is 8.28. The Kier molecular flexibility index (Phi) is 5.85. The molecule has 2 aromatic heterocycles. The van der Waals surface area contributed by atoms with Crippen LogP contribution in [0.2, 0.25) is 0 Å². The predicted octanol–water partition coefficient (Wildman–Crippen LogP) is 4.65. The zero-order valence-corrected chi connectivity index (χ0v) is 17.4. The Morgan fingerprint density at radius 1 is 1.11 bits per heavy atom. The molecule has 0 saturated heterocycles. The molecule has 0 saturated carbocycles. The summed E-state index contributed by atoms with van der Waals surface area (Å²) in [5, 5.41) is 15.2. The molecule has 27 heavy (non-hydrogen) atoms. The Morgan fingerprint density at radius 2 is 1.78 bits per heavy atom. The molecular formula is C21H26N4OS. The van der Waals surface area contributed by atoms with E-state index in [9.17, 15) is 4.79 Å². The lowest BCUT2D eigenvalue weighted by molar-refractivity contribution is -0.107. The van der Waals surface area contributed by atoms with Crippen LogP contribution in [0.3, 0.4) is 0 Å². The Labute approximate surface area is 164 Å². The fraction of sp³-hybridized carbons (Fsp3) is 0.429. The van der Waals surface area contributed by atoms with Crippen LogP contribution in [0.25, 0.3) is 21.3 Å². The molecule has 5 nitrogen and oxygen atoms in total. The van der Waals surface area contributed by atoms with Gasteiger partial charge in [0.15, 0.2) is 5.01 Å². The zero-order chi connectivity index (χ0) is 19.6. The maximum atomic E-state index is 10.9. The van der Waals surface area contributed by atoms with E-state index >= 15 is 0 Å². The van der Waals surface area contributed by atoms with E-state index in [4.69, 9.17) is 5.10 Å². The van der Waals surface area contributed by atoms with E-state index in [1.54, 1.807) is 11.3 Å². The summed E-state index contributed by atoms with van der Waals surface area (Å²) in [5.41, 5.74) is 6.50. The largest absolute Gasteiger partial charge is 0.303 e. The quantitative estimate of drug-likeness (QED) is 0.558. The monoisotopic (exact) mass is 382 g/mol. The van der Waals surface area contributed by atoms with Gasteiger partial charge in [-0.3, -0.25) is 4.68 Å². The number of benzene rings is 1. The predicted molar refractivity (Wildman–Crippen MR) is 110 cm³/mol. The molecule has 1 aromatic carbocycles. The van der Waals surface area contributed by atoms with Gasteiger partial charge in [0, 0.05) is 24.2 Å². The highest BCUT2D eigenvalue weighted by molar-refractivity contribution is 7.17. The summed E-state index contributed by atoms with van der Waals surface area (Å²) in [6.45, 7) is 11.5. The lowest BCUT2D eigenvalue weighted by Crippen LogP contribution is -2.05. The number of aryl methyl sites for hydroxylation is 3. The van der Waals surface area contributed by atoms with E-state index in [0.29, 0.717) is 12.3 Å². The van der Waals surface area contributed by atoms with E-state index < -0.39 is 0 Å². The number of carbonyl (C=O) groups is 1. The maximum absolute atomic E-state index is 10.9. The molecule has 0 atom stereocenters. The fourth-order valence-electron chi connectivity index (χ4n) is 3.38. The molecule has 0 N–H and O–H groups in total. The van der Waals surface area contributed by atoms with Crippen LogP contribution in [0.4, 0.5) is 0 Å². The van der Waals surface area contributed by atoms with E-state index in [0.717, 1.165) is 57.2 Å². The number of hydrogen-bond donors (Lipinski definition) is 0. The summed E-state index contributed by atoms with van der Waals surface area (Å²) in [6, 6.07) is 6.31. The minimum Gasteiger partial charge on any atom is -0.303 e. The van der Waals surface area contributed by atoms with Crippen LogP contribution >= 0.6 is 11.3 Å². The van der Waals surface area contributed by atoms with Gasteiger partial charge in [0.05, 0.1) is 0 Å². The van der Waals surface area contributed by atoms with Gasteiger partial charge in [0.1, 0.15) is 17.0 Å². The molecule has 3 aromatic rings. The highest BCUT2D eigenvalue weighted by atomic mass is 32.1. The minimum atomic E-state index is 0.451. The summed E-state index contributed by atoms with van der Waals surface area (Å²) in [6.07, 6.45) is 2.41. The van der Waals surface area contributed by atoms with Crippen molar-refractivity contribution in [2.24, 2.45) is 5.92 Å². The Hall–Kier alpha value is -2.34. The van der Waals surface area contributed by atoms with Crippen molar-refractivity contribution in [1.29, 1.82) is 0 Å². The van der Waals surface area contributed by atoms with Gasteiger partial charge in [0.25, 0.3) is 0 Å². The molecule has 0 radical (unpaired) electrons. The first-order valence-corrected chi connectivity index (χ1v) is 10.2. The minimum absolute atomic E-state index is 0.451. The van der Waals surface area contributed by atoms with Gasteiger partial charge < -0.3 is 4.79 Å². The summed E-state index contributed by atoms with van der Waals surface area (Å²) < 4.78 is 2.05. The third-order valence-electron chi connectivity index (χ3n) is 4.65. The average Bonchev–Trinajstić information content (AvgIpc) is 3.24. The molecule has 0 amide bonds. The average molecular weight is 383 g/mol. The van der Waals surface area contributed by atoms with Crippen molar-refractivity contribution in [1.82, 2.24) is 20.0 Å². The molecule has 0 spiro atoms. The standard InChI is InChI=1S/C21H26N4OS/c1-6-25-17(9-13(2)3)12-19(24-25)21-23-22-20(27-21)16-10-14(4)18(7-8-26)15(5)11-16/h8,10-13H,6-7,9H2,1-5H3. The summed E-state index contributed by atoms with van der Waals surface area (Å²) in [5.74, 6) is 0.584. The van der Waals surface area contributed by atoms with E-state index in [-0.39, 0.29) is 0 Å². The summed E-state index contributed by atoms with van der Waals surface area (Å²) in [4.78, 5) is 10.9. The Bertz CT molecular complexity index is 932. The van der Waals surface area contributed by atoms with Crippen molar-refractivity contribution in [3.63, 3.8) is 0 Å². The first kappa shape index (κ1) is 19.4. The molecule has 0 bridgehead atoms. The van der Waals surface area contributed by atoms with E-state index in [1.807, 2.05) is 13.8 Å². The molecular weight excluding hydrogens is 356 g/mol. The van der Waals surface area contributed by atoms with Gasteiger partial charge in [-0.05, 0) is 68.0 Å². The van der Waals surface area contributed by atoms with Gasteiger partial charge in [-0.15, -0.1) is 10.2 Å². The number of aromatic nitrogens is 4. The second kappa shape index (κ2) is 8.13. The molecule has 2 heterocycles. The highest BCUT2D eigenvalue weighted by Gasteiger charge is 2.16. The van der Waals surface area contributed by atoms with Gasteiger partial charge in [0.2, 0.25) is 0 Å². The van der Waals surface area contributed by atoms with E-state index in [2.05, 4.69) is 53.8 Å². The van der Waals surface area contributed by atoms with Gasteiger partial charge in [-0.2, -0.15) is 5.10 Å². The van der Waals surface area contributed by atoms with Gasteiger partial charge in [-0.25, -0.2) is 0 Å². The number of hydrogen-bond acceptors (Lipinski definition) is 5. The van der Waals surface area contributed by atoms with Crippen molar-refractivity contribution in [3.8, 4) is 21.3 Å². The van der Waals surface area contributed by atoms with Crippen LogP contribution in [-0.2, 0) is 24.2 Å². The van der Waals surface area contributed by atoms with Crippen LogP contribution < -0.4 is 0 Å². The topological polar surface area (TPSA) is 60.7 Å². The van der Waals surface area contributed by atoms with Gasteiger partial charge >= 0.3 is 0 Å². The second-order valence-electron chi connectivity index (χ2n) is 7.31. The summed E-state index contributed by atoms with van der Waals surface area (Å²) >= 11 is 1.56. The molecule has 0 unspecified atom stereocenters. The van der Waals surface area contributed by atoms with Crippen LogP contribution in [0.5, 0.6) is 0 Å². The van der Waals surface area contributed by atoms with E-state index in [1.165, 1.54) is 5.69 Å². The molecule has 6 heteroatoms. The van der Waals surface area contributed by atoms with Crippen molar-refractivity contribution in [2.45, 2.75) is 54.0 Å². The molecule has 0 fully saturated rings. The smallest absolute Gasteiger partial charge is 0.168 e. The number of rotatable bonds is 7. The highest BCUT2D eigenvalue weighted by Crippen LogP contribution is 2.32. The first-order valence-electron chi connectivity index (χ1n) is 9.37. The molecule has 142 valence electrons. The Balaban J connectivity index is 1.93. The van der Waals surface area contributed by atoms with Crippen molar-refractivity contribution >= 4 is 17.6 Å². The van der Waals surface area contributed by atoms with Crippen LogP contribution in [0.1, 0.15) is 43.2 Å². The van der Waals surface area contributed by atoms with Crippen LogP contribution in [-0.4, -0.2) is 26.3 Å².